The molecule has 0 saturated carbocycles. The Hall–Kier alpha value is -4.02. The zero-order valence-electron chi connectivity index (χ0n) is 18.5. The second-order valence-electron chi connectivity index (χ2n) is 6.08. The van der Waals surface area contributed by atoms with E-state index in [0.717, 1.165) is 35.0 Å². The molecule has 0 radical (unpaired) electrons. The second-order valence-corrected chi connectivity index (χ2v) is 6.08. The molecule has 0 spiro atoms. The number of esters is 3. The summed E-state index contributed by atoms with van der Waals surface area (Å²) in [6.07, 6.45) is 6.02. The minimum atomic E-state index is -0.967. The van der Waals surface area contributed by atoms with E-state index in [0.29, 0.717) is 6.42 Å². The van der Waals surface area contributed by atoms with Crippen LogP contribution in [0.5, 0.6) is 0 Å². The van der Waals surface area contributed by atoms with Gasteiger partial charge in [-0.05, 0) is 6.42 Å². The first kappa shape index (κ1) is 29.0. The van der Waals surface area contributed by atoms with Gasteiger partial charge in [0.2, 0.25) is 11.8 Å². The monoisotopic (exact) mass is 464 g/mol. The Labute approximate surface area is 191 Å². The van der Waals surface area contributed by atoms with Crippen molar-refractivity contribution in [3.8, 4) is 0 Å². The van der Waals surface area contributed by atoms with Crippen LogP contribution in [0, 0.1) is 0 Å². The van der Waals surface area contributed by atoms with Crippen molar-refractivity contribution < 1.29 is 43.0 Å². The van der Waals surface area contributed by atoms with Gasteiger partial charge < -0.3 is 14.2 Å². The number of rotatable bonds is 14. The fourth-order valence-electron chi connectivity index (χ4n) is 2.15. The normalized spacial score (nSPS) is 9.97. The zero-order valence-corrected chi connectivity index (χ0v) is 18.5. The summed E-state index contributed by atoms with van der Waals surface area (Å²) < 4.78 is 14.4. The van der Waals surface area contributed by atoms with Gasteiger partial charge in [0.25, 0.3) is 0 Å². The van der Waals surface area contributed by atoms with Crippen molar-refractivity contribution in [2.75, 3.05) is 32.9 Å². The molecule has 0 aliphatic heterocycles. The van der Waals surface area contributed by atoms with Crippen LogP contribution >= 0.6 is 0 Å². The molecule has 0 heterocycles. The van der Waals surface area contributed by atoms with E-state index in [1.54, 1.807) is 6.08 Å². The number of carbonyl (C=O) groups is 6. The summed E-state index contributed by atoms with van der Waals surface area (Å²) in [4.78, 5) is 72.3. The lowest BCUT2D eigenvalue weighted by molar-refractivity contribution is -0.141. The quantitative estimate of drug-likeness (QED) is 0.122. The molecular weight excluding hydrogens is 436 g/mol. The molecule has 0 aromatic carbocycles. The van der Waals surface area contributed by atoms with Crippen LogP contribution in [0.4, 0.5) is 4.79 Å². The lowest BCUT2D eigenvalue weighted by Crippen LogP contribution is -2.50. The van der Waals surface area contributed by atoms with Crippen LogP contribution in [0.15, 0.2) is 50.1 Å². The molecule has 0 aliphatic rings. The average molecular weight is 464 g/mol. The van der Waals surface area contributed by atoms with Crippen molar-refractivity contribution in [1.82, 2.24) is 9.80 Å². The highest BCUT2D eigenvalue weighted by Gasteiger charge is 2.28. The standard InChI is InChI=1S/C22H28N2O9/c1-5-19(27)31-14-10-8-9-11-18(26)24(13-16-33-21(29)7-3)22(30)23(17(4)25)12-15-32-20(28)6-2/h5-9H,1-3,10-16H2,4H3/b9-8+. The molecule has 0 rings (SSSR count). The molecule has 180 valence electrons. The highest BCUT2D eigenvalue weighted by Crippen LogP contribution is 2.05. The van der Waals surface area contributed by atoms with Gasteiger partial charge >= 0.3 is 23.9 Å². The van der Waals surface area contributed by atoms with E-state index in [1.165, 1.54) is 6.08 Å². The SMILES string of the molecule is C=CC(=O)OCC/C=C/CC(=O)N(CCOC(=O)C=C)C(=O)N(CCOC(=O)C=C)C(C)=O. The molecule has 0 bridgehead atoms. The van der Waals surface area contributed by atoms with E-state index in [-0.39, 0.29) is 39.3 Å². The number of hydrogen-bond acceptors (Lipinski definition) is 9. The number of ether oxygens (including phenoxy) is 3. The van der Waals surface area contributed by atoms with Crippen LogP contribution in [0.25, 0.3) is 0 Å². The minimum Gasteiger partial charge on any atom is -0.462 e. The summed E-state index contributed by atoms with van der Waals surface area (Å²) in [5, 5.41) is 0. The highest BCUT2D eigenvalue weighted by molar-refractivity contribution is 6.02. The zero-order chi connectivity index (χ0) is 25.2. The first-order valence-corrected chi connectivity index (χ1v) is 9.82. The first-order chi connectivity index (χ1) is 15.7. The van der Waals surface area contributed by atoms with Gasteiger partial charge in [-0.1, -0.05) is 31.9 Å². The second kappa shape index (κ2) is 16.6. The summed E-state index contributed by atoms with van der Waals surface area (Å²) >= 11 is 0. The predicted molar refractivity (Wildman–Crippen MR) is 116 cm³/mol. The summed E-state index contributed by atoms with van der Waals surface area (Å²) in [6.45, 7) is 9.70. The maximum atomic E-state index is 12.9. The molecule has 0 fully saturated rings. The molecule has 0 aromatic rings. The summed E-state index contributed by atoms with van der Waals surface area (Å²) in [5.74, 6) is -3.42. The Morgan fingerprint density at radius 1 is 0.697 bits per heavy atom. The van der Waals surface area contributed by atoms with Gasteiger partial charge in [0, 0.05) is 31.6 Å². The Bertz CT molecular complexity index is 802. The number of amides is 4. The molecular formula is C22H28N2O9. The maximum Gasteiger partial charge on any atom is 0.333 e. The van der Waals surface area contributed by atoms with Gasteiger partial charge in [-0.3, -0.25) is 19.4 Å². The van der Waals surface area contributed by atoms with E-state index < -0.39 is 35.8 Å². The fraction of sp³-hybridized carbons (Fsp3) is 0.364. The Morgan fingerprint density at radius 2 is 1.15 bits per heavy atom. The third-order valence-corrected chi connectivity index (χ3v) is 3.75. The van der Waals surface area contributed by atoms with E-state index >= 15 is 0 Å². The lowest BCUT2D eigenvalue weighted by Gasteiger charge is -2.27. The molecule has 0 N–H and O–H groups in total. The van der Waals surface area contributed by atoms with Gasteiger partial charge in [0.1, 0.15) is 13.2 Å². The third kappa shape index (κ3) is 12.4. The average Bonchev–Trinajstić information content (AvgIpc) is 2.80. The van der Waals surface area contributed by atoms with Crippen LogP contribution in [0.1, 0.15) is 19.8 Å². The maximum absolute atomic E-state index is 12.9. The molecule has 11 heteroatoms. The smallest absolute Gasteiger partial charge is 0.333 e. The molecule has 0 unspecified atom stereocenters. The van der Waals surface area contributed by atoms with E-state index in [4.69, 9.17) is 14.2 Å². The molecule has 4 amide bonds. The number of carbonyl (C=O) groups excluding carboxylic acids is 6. The van der Waals surface area contributed by atoms with Gasteiger partial charge in [-0.2, -0.15) is 0 Å². The molecule has 0 aliphatic carbocycles. The molecule has 0 saturated heterocycles. The van der Waals surface area contributed by atoms with E-state index in [2.05, 4.69) is 19.7 Å². The van der Waals surface area contributed by atoms with Crippen molar-refractivity contribution in [3.05, 3.63) is 50.1 Å². The minimum absolute atomic E-state index is 0.0806. The number of nitrogens with zero attached hydrogens (tertiary/aromatic N) is 2. The van der Waals surface area contributed by atoms with Crippen LogP contribution in [-0.4, -0.2) is 78.5 Å². The first-order valence-electron chi connectivity index (χ1n) is 9.82. The van der Waals surface area contributed by atoms with Crippen LogP contribution in [-0.2, 0) is 38.2 Å². The molecule has 0 atom stereocenters. The summed E-state index contributed by atoms with van der Waals surface area (Å²) in [7, 11) is 0. The van der Waals surface area contributed by atoms with E-state index in [1.807, 2.05) is 0 Å². The molecule has 11 nitrogen and oxygen atoms in total. The number of imide groups is 2. The highest BCUT2D eigenvalue weighted by atomic mass is 16.5. The van der Waals surface area contributed by atoms with Crippen molar-refractivity contribution in [1.29, 1.82) is 0 Å². The lowest BCUT2D eigenvalue weighted by atomic mass is 10.3. The molecule has 0 aromatic heterocycles. The van der Waals surface area contributed by atoms with Crippen molar-refractivity contribution in [3.63, 3.8) is 0 Å². The summed E-state index contributed by atoms with van der Waals surface area (Å²) in [5.41, 5.74) is 0. The molecule has 33 heavy (non-hydrogen) atoms. The van der Waals surface area contributed by atoms with Gasteiger partial charge in [0.05, 0.1) is 19.7 Å². The third-order valence-electron chi connectivity index (χ3n) is 3.75. The van der Waals surface area contributed by atoms with Gasteiger partial charge in [-0.15, -0.1) is 0 Å². The van der Waals surface area contributed by atoms with Crippen LogP contribution < -0.4 is 0 Å². The van der Waals surface area contributed by atoms with Gasteiger partial charge in [0.15, 0.2) is 0 Å². The van der Waals surface area contributed by atoms with Crippen molar-refractivity contribution in [2.45, 2.75) is 19.8 Å². The number of urea groups is 1. The Morgan fingerprint density at radius 3 is 1.61 bits per heavy atom. The predicted octanol–water partition coefficient (Wildman–Crippen LogP) is 1.31. The fourth-order valence-corrected chi connectivity index (χ4v) is 2.15. The van der Waals surface area contributed by atoms with Crippen LogP contribution in [0.3, 0.4) is 0 Å². The largest absolute Gasteiger partial charge is 0.462 e. The number of hydrogen-bond donors (Lipinski definition) is 0. The Kier molecular flexibility index (Phi) is 14.6. The van der Waals surface area contributed by atoms with E-state index in [9.17, 15) is 28.8 Å². The van der Waals surface area contributed by atoms with Gasteiger partial charge in [-0.25, -0.2) is 19.2 Å². The van der Waals surface area contributed by atoms with Crippen LogP contribution in [0.2, 0.25) is 0 Å². The summed E-state index contributed by atoms with van der Waals surface area (Å²) in [6, 6.07) is -0.967. The Balaban J connectivity index is 5.19. The van der Waals surface area contributed by atoms with Crippen molar-refractivity contribution in [2.24, 2.45) is 0 Å². The topological polar surface area (TPSA) is 137 Å². The van der Waals surface area contributed by atoms with Crippen molar-refractivity contribution >= 4 is 35.8 Å².